The Morgan fingerprint density at radius 1 is 1.26 bits per heavy atom. The number of benzene rings is 1. The highest BCUT2D eigenvalue weighted by molar-refractivity contribution is 6.03. The van der Waals surface area contributed by atoms with Gasteiger partial charge in [0.1, 0.15) is 0 Å². The van der Waals surface area contributed by atoms with Crippen LogP contribution >= 0.6 is 0 Å². The minimum absolute atomic E-state index is 0.0678. The number of ether oxygens (including phenoxy) is 1. The lowest BCUT2D eigenvalue weighted by Gasteiger charge is -2.26. The van der Waals surface area contributed by atoms with Gasteiger partial charge in [-0.3, -0.25) is 19.4 Å². The summed E-state index contributed by atoms with van der Waals surface area (Å²) in [6.45, 7) is 3.90. The van der Waals surface area contributed by atoms with Crippen LogP contribution < -0.4 is 10.6 Å². The second kappa shape index (κ2) is 8.16. The molecule has 7 nitrogen and oxygen atoms in total. The SMILES string of the molecule is CC(C)[C@@H](OC(=O)[C@@H]1CCC(=O)NC1)C(=O)Nc1cccc2ncccc12. The maximum atomic E-state index is 12.8. The van der Waals surface area contributed by atoms with Gasteiger partial charge in [-0.15, -0.1) is 0 Å². The third-order valence-corrected chi connectivity index (χ3v) is 4.61. The number of rotatable bonds is 5. The fourth-order valence-corrected chi connectivity index (χ4v) is 3.06. The van der Waals surface area contributed by atoms with Crippen molar-refractivity contribution >= 4 is 34.4 Å². The van der Waals surface area contributed by atoms with Crippen LogP contribution in [0.15, 0.2) is 36.5 Å². The third kappa shape index (κ3) is 4.42. The molecule has 3 rings (SSSR count). The first-order valence-corrected chi connectivity index (χ1v) is 9.07. The summed E-state index contributed by atoms with van der Waals surface area (Å²) in [5.74, 6) is -1.52. The highest BCUT2D eigenvalue weighted by atomic mass is 16.5. The van der Waals surface area contributed by atoms with Gasteiger partial charge in [-0.05, 0) is 36.6 Å². The fourth-order valence-electron chi connectivity index (χ4n) is 3.06. The Hall–Kier alpha value is -2.96. The zero-order valence-electron chi connectivity index (χ0n) is 15.4. The number of carbonyl (C=O) groups is 3. The topological polar surface area (TPSA) is 97.4 Å². The molecule has 0 saturated carbocycles. The van der Waals surface area contributed by atoms with Crippen molar-refractivity contribution in [2.45, 2.75) is 32.8 Å². The molecule has 1 aliphatic rings. The van der Waals surface area contributed by atoms with E-state index in [0.29, 0.717) is 18.5 Å². The number of carbonyl (C=O) groups excluding carboxylic acids is 3. The lowest BCUT2D eigenvalue weighted by molar-refractivity contribution is -0.161. The summed E-state index contributed by atoms with van der Waals surface area (Å²) in [6.07, 6.45) is 1.50. The molecule has 1 aromatic carbocycles. The Morgan fingerprint density at radius 3 is 2.78 bits per heavy atom. The zero-order chi connectivity index (χ0) is 19.4. The number of aromatic nitrogens is 1. The van der Waals surface area contributed by atoms with Gasteiger partial charge >= 0.3 is 5.97 Å². The Bertz CT molecular complexity index is 850. The van der Waals surface area contributed by atoms with Crippen molar-refractivity contribution in [2.75, 3.05) is 11.9 Å². The molecule has 1 saturated heterocycles. The molecule has 7 heteroatoms. The molecular formula is C20H23N3O4. The molecule has 2 heterocycles. The van der Waals surface area contributed by atoms with Crippen LogP contribution in [0.4, 0.5) is 5.69 Å². The van der Waals surface area contributed by atoms with Crippen LogP contribution in [0.3, 0.4) is 0 Å². The molecule has 0 unspecified atom stereocenters. The first-order chi connectivity index (χ1) is 13.0. The van der Waals surface area contributed by atoms with Crippen LogP contribution in [0.25, 0.3) is 10.9 Å². The van der Waals surface area contributed by atoms with Crippen LogP contribution in [0, 0.1) is 11.8 Å². The van der Waals surface area contributed by atoms with E-state index < -0.39 is 18.0 Å². The Kier molecular flexibility index (Phi) is 5.69. The van der Waals surface area contributed by atoms with Crippen molar-refractivity contribution < 1.29 is 19.1 Å². The molecule has 1 fully saturated rings. The van der Waals surface area contributed by atoms with Crippen LogP contribution in [-0.4, -0.2) is 35.4 Å². The number of hydrogen-bond acceptors (Lipinski definition) is 5. The van der Waals surface area contributed by atoms with E-state index in [9.17, 15) is 14.4 Å². The van der Waals surface area contributed by atoms with Crippen molar-refractivity contribution in [3.05, 3.63) is 36.5 Å². The quantitative estimate of drug-likeness (QED) is 0.788. The maximum absolute atomic E-state index is 12.8. The van der Waals surface area contributed by atoms with Crippen molar-refractivity contribution in [1.82, 2.24) is 10.3 Å². The summed E-state index contributed by atoms with van der Waals surface area (Å²) < 4.78 is 5.51. The largest absolute Gasteiger partial charge is 0.452 e. The Balaban J connectivity index is 1.71. The predicted octanol–water partition coefficient (Wildman–Crippen LogP) is 2.27. The number of nitrogens with one attached hydrogen (secondary N) is 2. The molecule has 142 valence electrons. The van der Waals surface area contributed by atoms with Gasteiger partial charge in [-0.2, -0.15) is 0 Å². The van der Waals surface area contributed by atoms with Crippen molar-refractivity contribution in [3.63, 3.8) is 0 Å². The number of esters is 1. The maximum Gasteiger partial charge on any atom is 0.311 e. The van der Waals surface area contributed by atoms with Gasteiger partial charge in [0.05, 0.1) is 17.1 Å². The Labute approximate surface area is 157 Å². The molecule has 0 aliphatic carbocycles. The average molecular weight is 369 g/mol. The van der Waals surface area contributed by atoms with E-state index in [-0.39, 0.29) is 24.3 Å². The van der Waals surface area contributed by atoms with Gasteiger partial charge in [0.2, 0.25) is 5.91 Å². The van der Waals surface area contributed by atoms with Crippen molar-refractivity contribution in [2.24, 2.45) is 11.8 Å². The zero-order valence-corrected chi connectivity index (χ0v) is 15.4. The smallest absolute Gasteiger partial charge is 0.311 e. The van der Waals surface area contributed by atoms with E-state index in [1.54, 1.807) is 18.3 Å². The molecule has 2 aromatic rings. The molecule has 1 aliphatic heterocycles. The highest BCUT2D eigenvalue weighted by Gasteiger charge is 2.32. The number of fused-ring (bicyclic) bond motifs is 1. The summed E-state index contributed by atoms with van der Waals surface area (Å²) in [7, 11) is 0. The third-order valence-electron chi connectivity index (χ3n) is 4.61. The number of piperidine rings is 1. The van der Waals surface area contributed by atoms with Crippen LogP contribution in [0.5, 0.6) is 0 Å². The van der Waals surface area contributed by atoms with Crippen LogP contribution in [0.2, 0.25) is 0 Å². The summed E-state index contributed by atoms with van der Waals surface area (Å²) in [4.78, 5) is 40.7. The molecule has 2 N–H and O–H groups in total. The lowest BCUT2D eigenvalue weighted by Crippen LogP contribution is -2.43. The Morgan fingerprint density at radius 2 is 2.07 bits per heavy atom. The van der Waals surface area contributed by atoms with Crippen molar-refractivity contribution in [3.8, 4) is 0 Å². The van der Waals surface area contributed by atoms with Gasteiger partial charge in [0.15, 0.2) is 6.10 Å². The van der Waals surface area contributed by atoms with Crippen LogP contribution in [-0.2, 0) is 19.1 Å². The van der Waals surface area contributed by atoms with E-state index >= 15 is 0 Å². The van der Waals surface area contributed by atoms with Gasteiger partial charge in [-0.1, -0.05) is 19.9 Å². The number of anilines is 1. The van der Waals surface area contributed by atoms with Crippen LogP contribution in [0.1, 0.15) is 26.7 Å². The van der Waals surface area contributed by atoms with E-state index in [0.717, 1.165) is 10.9 Å². The first-order valence-electron chi connectivity index (χ1n) is 9.07. The molecule has 0 radical (unpaired) electrons. The summed E-state index contributed by atoms with van der Waals surface area (Å²) in [6, 6.07) is 9.14. The number of amides is 2. The van der Waals surface area contributed by atoms with E-state index in [2.05, 4.69) is 15.6 Å². The molecule has 2 amide bonds. The summed E-state index contributed by atoms with van der Waals surface area (Å²) in [5, 5.41) is 6.33. The number of nitrogens with zero attached hydrogens (tertiary/aromatic N) is 1. The highest BCUT2D eigenvalue weighted by Crippen LogP contribution is 2.23. The number of pyridine rings is 1. The second-order valence-electron chi connectivity index (χ2n) is 7.01. The monoisotopic (exact) mass is 369 g/mol. The normalized spacial score (nSPS) is 18.0. The molecule has 1 aromatic heterocycles. The summed E-state index contributed by atoms with van der Waals surface area (Å²) in [5.41, 5.74) is 1.39. The number of hydrogen-bond donors (Lipinski definition) is 2. The predicted molar refractivity (Wildman–Crippen MR) is 101 cm³/mol. The van der Waals surface area contributed by atoms with Gasteiger partial charge in [0.25, 0.3) is 5.91 Å². The molecular weight excluding hydrogens is 346 g/mol. The second-order valence-corrected chi connectivity index (χ2v) is 7.01. The minimum Gasteiger partial charge on any atom is -0.452 e. The van der Waals surface area contributed by atoms with Gasteiger partial charge in [-0.25, -0.2) is 0 Å². The minimum atomic E-state index is -0.915. The van der Waals surface area contributed by atoms with Gasteiger partial charge in [0, 0.05) is 24.5 Å². The van der Waals surface area contributed by atoms with Crippen molar-refractivity contribution in [1.29, 1.82) is 0 Å². The first kappa shape index (κ1) is 18.8. The molecule has 2 atom stereocenters. The van der Waals surface area contributed by atoms with E-state index in [4.69, 9.17) is 4.74 Å². The standard InChI is InChI=1S/C20H23N3O4/c1-12(2)18(27-20(26)13-8-9-17(24)22-11-13)19(25)23-16-7-3-6-15-14(16)5-4-10-21-15/h3-7,10,12-13,18H,8-9,11H2,1-2H3,(H,22,24)(H,23,25)/t13-,18-/m1/s1. The van der Waals surface area contributed by atoms with Gasteiger partial charge < -0.3 is 15.4 Å². The summed E-state index contributed by atoms with van der Waals surface area (Å²) >= 11 is 0. The van der Waals surface area contributed by atoms with E-state index in [1.165, 1.54) is 0 Å². The average Bonchev–Trinajstić information content (AvgIpc) is 2.66. The fraction of sp³-hybridized carbons (Fsp3) is 0.400. The van der Waals surface area contributed by atoms with E-state index in [1.807, 2.05) is 32.0 Å². The molecule has 0 spiro atoms. The lowest BCUT2D eigenvalue weighted by atomic mass is 9.99. The molecule has 0 bridgehead atoms. The molecule has 27 heavy (non-hydrogen) atoms.